The minimum Gasteiger partial charge on any atom is -0.481 e. The monoisotopic (exact) mass is 296 g/mol. The average Bonchev–Trinajstić information content (AvgIpc) is 2.57. The molecule has 4 nitrogen and oxygen atoms in total. The Labute approximate surface area is 107 Å². The first-order valence-corrected chi connectivity index (χ1v) is 6.22. The van der Waals surface area contributed by atoms with Gasteiger partial charge in [-0.05, 0) is 40.9 Å². The summed E-state index contributed by atoms with van der Waals surface area (Å²) in [5, 5.41) is 8.62. The lowest BCUT2D eigenvalue weighted by molar-refractivity contribution is -0.137. The van der Waals surface area contributed by atoms with Gasteiger partial charge in [0.1, 0.15) is 10.4 Å². The molecule has 0 fully saturated rings. The van der Waals surface area contributed by atoms with Crippen molar-refractivity contribution in [3.8, 4) is 0 Å². The van der Waals surface area contributed by atoms with E-state index < -0.39 is 5.97 Å². The highest BCUT2D eigenvalue weighted by Gasteiger charge is 2.10. The second kappa shape index (κ2) is 4.87. The van der Waals surface area contributed by atoms with Gasteiger partial charge in [0, 0.05) is 19.0 Å². The molecule has 5 heteroatoms. The molecule has 0 amide bonds. The molecule has 90 valence electrons. The van der Waals surface area contributed by atoms with Gasteiger partial charge in [-0.15, -0.1) is 0 Å². The maximum absolute atomic E-state index is 10.5. The second-order valence-corrected chi connectivity index (χ2v) is 4.73. The molecule has 2 aromatic rings. The van der Waals surface area contributed by atoms with Crippen molar-refractivity contribution in [2.24, 2.45) is 0 Å². The van der Waals surface area contributed by atoms with Gasteiger partial charge in [-0.3, -0.25) is 4.79 Å². The molecule has 0 atom stereocenters. The normalized spacial score (nSPS) is 10.9. The summed E-state index contributed by atoms with van der Waals surface area (Å²) in [6, 6.07) is 4.00. The number of rotatable bonds is 4. The molecular weight excluding hydrogens is 284 g/mol. The maximum Gasteiger partial charge on any atom is 0.303 e. The molecule has 0 bridgehead atoms. The molecule has 0 aliphatic carbocycles. The van der Waals surface area contributed by atoms with E-state index in [-0.39, 0.29) is 6.42 Å². The molecule has 0 aliphatic heterocycles. The van der Waals surface area contributed by atoms with Crippen LogP contribution >= 0.6 is 15.9 Å². The number of pyridine rings is 1. The zero-order valence-corrected chi connectivity index (χ0v) is 11.1. The van der Waals surface area contributed by atoms with E-state index in [0.717, 1.165) is 21.5 Å². The second-order valence-electron chi connectivity index (χ2n) is 3.98. The number of carboxylic acids is 1. The molecule has 2 rings (SSSR count). The van der Waals surface area contributed by atoms with Gasteiger partial charge >= 0.3 is 5.97 Å². The summed E-state index contributed by atoms with van der Waals surface area (Å²) in [4.78, 5) is 14.9. The molecule has 0 unspecified atom stereocenters. The lowest BCUT2D eigenvalue weighted by Gasteiger charge is -2.01. The summed E-state index contributed by atoms with van der Waals surface area (Å²) in [6.07, 6.45) is 3.41. The van der Waals surface area contributed by atoms with E-state index in [4.69, 9.17) is 5.11 Å². The Hall–Kier alpha value is -1.36. The highest BCUT2D eigenvalue weighted by Crippen LogP contribution is 2.22. The van der Waals surface area contributed by atoms with Crippen molar-refractivity contribution in [3.63, 3.8) is 0 Å². The fourth-order valence-corrected chi connectivity index (χ4v) is 2.60. The van der Waals surface area contributed by atoms with E-state index in [1.165, 1.54) is 0 Å². The molecule has 2 heterocycles. The molecule has 0 radical (unpaired) electrons. The van der Waals surface area contributed by atoms with Crippen LogP contribution in [0.2, 0.25) is 0 Å². The first-order valence-electron chi connectivity index (χ1n) is 5.43. The molecule has 2 aromatic heterocycles. The Balaban J connectivity index is 2.29. The number of aliphatic carboxylic acids is 1. The molecule has 1 N–H and O–H groups in total. The summed E-state index contributed by atoms with van der Waals surface area (Å²) >= 11 is 3.44. The lowest BCUT2D eigenvalue weighted by Crippen LogP contribution is -1.99. The largest absolute Gasteiger partial charge is 0.481 e. The number of nitrogens with zero attached hydrogens (tertiary/aromatic N) is 2. The summed E-state index contributed by atoms with van der Waals surface area (Å²) in [6.45, 7) is 2.03. The van der Waals surface area contributed by atoms with E-state index in [9.17, 15) is 4.79 Å². The van der Waals surface area contributed by atoms with Gasteiger partial charge in [-0.1, -0.05) is 6.07 Å². The topological polar surface area (TPSA) is 54.6 Å². The minimum atomic E-state index is -0.763. The van der Waals surface area contributed by atoms with E-state index in [1.54, 1.807) is 0 Å². The zero-order chi connectivity index (χ0) is 12.4. The van der Waals surface area contributed by atoms with Gasteiger partial charge < -0.3 is 9.51 Å². The first kappa shape index (κ1) is 12.1. The van der Waals surface area contributed by atoms with Crippen LogP contribution in [0.15, 0.2) is 22.9 Å². The van der Waals surface area contributed by atoms with Crippen molar-refractivity contribution in [2.75, 3.05) is 0 Å². The Bertz CT molecular complexity index is 563. The number of aryl methyl sites for hydroxylation is 2. The Morgan fingerprint density at radius 2 is 2.35 bits per heavy atom. The van der Waals surface area contributed by atoms with Gasteiger partial charge in [-0.2, -0.15) is 0 Å². The number of aromatic nitrogens is 2. The zero-order valence-electron chi connectivity index (χ0n) is 9.48. The van der Waals surface area contributed by atoms with Crippen LogP contribution in [0.1, 0.15) is 24.2 Å². The molecule has 0 spiro atoms. The quantitative estimate of drug-likeness (QED) is 0.944. The highest BCUT2D eigenvalue weighted by atomic mass is 79.9. The van der Waals surface area contributed by atoms with Crippen molar-refractivity contribution in [2.45, 2.75) is 26.2 Å². The molecular formula is C12H13BrN2O2. The van der Waals surface area contributed by atoms with Crippen LogP contribution < -0.4 is 0 Å². The lowest BCUT2D eigenvalue weighted by atomic mass is 10.2. The van der Waals surface area contributed by atoms with Crippen LogP contribution in [0.3, 0.4) is 0 Å². The van der Waals surface area contributed by atoms with Crippen LogP contribution in [0.5, 0.6) is 0 Å². The minimum absolute atomic E-state index is 0.179. The van der Waals surface area contributed by atoms with E-state index in [2.05, 4.69) is 20.9 Å². The fraction of sp³-hybridized carbons (Fsp3) is 0.333. The Morgan fingerprint density at radius 3 is 3.06 bits per heavy atom. The van der Waals surface area contributed by atoms with Gasteiger partial charge in [0.25, 0.3) is 0 Å². The highest BCUT2D eigenvalue weighted by molar-refractivity contribution is 9.10. The molecule has 0 saturated heterocycles. The predicted octanol–water partition coefficient (Wildman–Crippen LogP) is 2.81. The predicted molar refractivity (Wildman–Crippen MR) is 68.2 cm³/mol. The third-order valence-electron chi connectivity index (χ3n) is 2.69. The summed E-state index contributed by atoms with van der Waals surface area (Å²) < 4.78 is 2.84. The third kappa shape index (κ3) is 2.49. The Morgan fingerprint density at radius 1 is 1.59 bits per heavy atom. The third-order valence-corrected chi connectivity index (χ3v) is 3.24. The molecule has 0 aliphatic rings. The van der Waals surface area contributed by atoms with Crippen LogP contribution in [-0.2, 0) is 11.2 Å². The summed E-state index contributed by atoms with van der Waals surface area (Å²) in [5.41, 5.74) is 2.20. The van der Waals surface area contributed by atoms with Crippen LogP contribution in [0.4, 0.5) is 0 Å². The Kier molecular flexibility index (Phi) is 3.47. The number of hydrogen-bond donors (Lipinski definition) is 1. The molecule has 17 heavy (non-hydrogen) atoms. The van der Waals surface area contributed by atoms with Crippen molar-refractivity contribution >= 4 is 27.4 Å². The number of imidazole rings is 1. The van der Waals surface area contributed by atoms with Crippen molar-refractivity contribution < 1.29 is 9.90 Å². The van der Waals surface area contributed by atoms with Crippen LogP contribution in [0, 0.1) is 6.92 Å². The average molecular weight is 297 g/mol. The van der Waals surface area contributed by atoms with Crippen molar-refractivity contribution in [1.29, 1.82) is 0 Å². The molecule has 0 saturated carbocycles. The van der Waals surface area contributed by atoms with E-state index in [0.29, 0.717) is 12.8 Å². The van der Waals surface area contributed by atoms with Crippen molar-refractivity contribution in [1.82, 2.24) is 9.38 Å². The standard InChI is InChI=1S/C12H13BrN2O2/c1-8-4-3-7-15-9(5-2-6-10(16)17)14-12(13)11(8)15/h3-4,7H,2,5-6H2,1H3,(H,16,17). The SMILES string of the molecule is Cc1cccn2c(CCCC(=O)O)nc(Br)c12. The van der Waals surface area contributed by atoms with E-state index >= 15 is 0 Å². The maximum atomic E-state index is 10.5. The van der Waals surface area contributed by atoms with Gasteiger partial charge in [0.2, 0.25) is 0 Å². The van der Waals surface area contributed by atoms with Gasteiger partial charge in [0.15, 0.2) is 0 Å². The number of halogens is 1. The summed E-state index contributed by atoms with van der Waals surface area (Å²) in [5.74, 6) is 0.137. The number of hydrogen-bond acceptors (Lipinski definition) is 2. The summed E-state index contributed by atoms with van der Waals surface area (Å²) in [7, 11) is 0. The van der Waals surface area contributed by atoms with Gasteiger partial charge in [0.05, 0.1) is 5.52 Å². The molecule has 0 aromatic carbocycles. The van der Waals surface area contributed by atoms with Gasteiger partial charge in [-0.25, -0.2) is 4.98 Å². The smallest absolute Gasteiger partial charge is 0.303 e. The first-order chi connectivity index (χ1) is 8.09. The fourth-order valence-electron chi connectivity index (χ4n) is 1.89. The number of fused-ring (bicyclic) bond motifs is 1. The van der Waals surface area contributed by atoms with Crippen LogP contribution in [0.25, 0.3) is 5.52 Å². The van der Waals surface area contributed by atoms with Crippen LogP contribution in [-0.4, -0.2) is 20.5 Å². The number of carboxylic acid groups (broad SMARTS) is 1. The van der Waals surface area contributed by atoms with Crippen molar-refractivity contribution in [3.05, 3.63) is 34.3 Å². The number of carbonyl (C=O) groups is 1. The van der Waals surface area contributed by atoms with E-state index in [1.807, 2.05) is 29.7 Å².